The number of imidazole rings is 1. The summed E-state index contributed by atoms with van der Waals surface area (Å²) in [6, 6.07) is 8.66. The summed E-state index contributed by atoms with van der Waals surface area (Å²) in [5.41, 5.74) is 3.77. The summed E-state index contributed by atoms with van der Waals surface area (Å²) in [7, 11) is 0. The van der Waals surface area contributed by atoms with Crippen molar-refractivity contribution in [2.24, 2.45) is 0 Å². The molecular formula is C22H29N7O. The van der Waals surface area contributed by atoms with Crippen LogP contribution in [-0.4, -0.2) is 56.5 Å². The normalized spacial score (nSPS) is 14.5. The van der Waals surface area contributed by atoms with Gasteiger partial charge < -0.3 is 19.7 Å². The van der Waals surface area contributed by atoms with Gasteiger partial charge in [0.15, 0.2) is 5.65 Å². The van der Waals surface area contributed by atoms with Crippen LogP contribution in [0.15, 0.2) is 36.8 Å². The highest BCUT2D eigenvalue weighted by molar-refractivity contribution is 5.74. The van der Waals surface area contributed by atoms with E-state index in [9.17, 15) is 4.79 Å². The molecule has 8 nitrogen and oxygen atoms in total. The molecule has 0 aliphatic carbocycles. The molecule has 1 aliphatic heterocycles. The van der Waals surface area contributed by atoms with Crippen molar-refractivity contribution in [3.63, 3.8) is 0 Å². The molecule has 0 spiro atoms. The molecule has 4 rings (SSSR count). The maximum atomic E-state index is 11.5. The minimum absolute atomic E-state index is 0.150. The first-order valence-corrected chi connectivity index (χ1v) is 10.7. The van der Waals surface area contributed by atoms with E-state index in [-0.39, 0.29) is 5.91 Å². The van der Waals surface area contributed by atoms with Crippen molar-refractivity contribution in [3.8, 4) is 0 Å². The van der Waals surface area contributed by atoms with Crippen LogP contribution < -0.4 is 10.2 Å². The number of fused-ring (bicyclic) bond motifs is 1. The molecule has 0 saturated carbocycles. The van der Waals surface area contributed by atoms with Gasteiger partial charge in [0.25, 0.3) is 0 Å². The molecule has 0 unspecified atom stereocenters. The van der Waals surface area contributed by atoms with E-state index in [1.165, 1.54) is 0 Å². The number of nitrogens with zero attached hydrogens (tertiary/aromatic N) is 6. The van der Waals surface area contributed by atoms with Gasteiger partial charge in [-0.1, -0.05) is 13.8 Å². The molecule has 8 heteroatoms. The molecule has 1 N–H and O–H groups in total. The highest BCUT2D eigenvalue weighted by Crippen LogP contribution is 2.24. The lowest BCUT2D eigenvalue weighted by molar-refractivity contribution is -0.129. The van der Waals surface area contributed by atoms with Gasteiger partial charge in [-0.3, -0.25) is 4.79 Å². The second-order valence-electron chi connectivity index (χ2n) is 7.69. The van der Waals surface area contributed by atoms with Crippen LogP contribution in [0.25, 0.3) is 11.2 Å². The van der Waals surface area contributed by atoms with Crippen LogP contribution in [0.4, 0.5) is 17.3 Å². The monoisotopic (exact) mass is 407 g/mol. The average molecular weight is 408 g/mol. The Labute approximate surface area is 176 Å². The summed E-state index contributed by atoms with van der Waals surface area (Å²) in [5, 5.41) is 3.31. The Morgan fingerprint density at radius 1 is 1.07 bits per heavy atom. The highest BCUT2D eigenvalue weighted by atomic mass is 16.2. The van der Waals surface area contributed by atoms with Gasteiger partial charge in [0.1, 0.15) is 5.52 Å². The Morgan fingerprint density at radius 3 is 2.40 bits per heavy atom. The molecule has 1 saturated heterocycles. The van der Waals surface area contributed by atoms with E-state index in [1.807, 2.05) is 23.4 Å². The van der Waals surface area contributed by atoms with Crippen molar-refractivity contribution < 1.29 is 4.79 Å². The van der Waals surface area contributed by atoms with Gasteiger partial charge in [0.2, 0.25) is 11.9 Å². The first-order chi connectivity index (χ1) is 14.6. The number of benzene rings is 1. The standard InChI is InChI=1S/C22H29N7O/c1-4-18(5-2)29-15-24-20-14-23-22(26-21(20)29)25-17-6-8-19(9-7-17)28-12-10-27(11-13-28)16(3)30/h6-9,14-15,18H,4-5,10-13H2,1-3H3,(H,23,25,26). The maximum absolute atomic E-state index is 11.5. The maximum Gasteiger partial charge on any atom is 0.229 e. The SMILES string of the molecule is CCC(CC)n1cnc2cnc(Nc3ccc(N4CCN(C(C)=O)CC4)cc3)nc21. The number of amides is 1. The Hall–Kier alpha value is -3.16. The lowest BCUT2D eigenvalue weighted by Crippen LogP contribution is -2.48. The van der Waals surface area contributed by atoms with Crippen molar-refractivity contribution in [3.05, 3.63) is 36.8 Å². The largest absolute Gasteiger partial charge is 0.368 e. The topological polar surface area (TPSA) is 79.2 Å². The van der Waals surface area contributed by atoms with Crippen molar-refractivity contribution in [1.82, 2.24) is 24.4 Å². The molecule has 0 radical (unpaired) electrons. The Bertz CT molecular complexity index is 1000. The number of aromatic nitrogens is 4. The van der Waals surface area contributed by atoms with Crippen LogP contribution in [-0.2, 0) is 4.79 Å². The second-order valence-corrected chi connectivity index (χ2v) is 7.69. The zero-order chi connectivity index (χ0) is 21.1. The molecule has 3 heterocycles. The van der Waals surface area contributed by atoms with E-state index in [2.05, 4.69) is 50.7 Å². The first-order valence-electron chi connectivity index (χ1n) is 10.7. The van der Waals surface area contributed by atoms with Crippen LogP contribution in [0.5, 0.6) is 0 Å². The van der Waals surface area contributed by atoms with E-state index in [4.69, 9.17) is 4.98 Å². The molecule has 1 aromatic carbocycles. The number of hydrogen-bond donors (Lipinski definition) is 1. The molecule has 1 amide bonds. The second kappa shape index (κ2) is 8.69. The Kier molecular flexibility index (Phi) is 5.83. The fourth-order valence-electron chi connectivity index (χ4n) is 4.00. The Morgan fingerprint density at radius 2 is 1.77 bits per heavy atom. The van der Waals surface area contributed by atoms with Gasteiger partial charge >= 0.3 is 0 Å². The van der Waals surface area contributed by atoms with Gasteiger partial charge in [-0.15, -0.1) is 0 Å². The van der Waals surface area contributed by atoms with Gasteiger partial charge in [-0.05, 0) is 37.1 Å². The average Bonchev–Trinajstić information content (AvgIpc) is 3.18. The van der Waals surface area contributed by atoms with Crippen LogP contribution >= 0.6 is 0 Å². The van der Waals surface area contributed by atoms with Crippen LogP contribution in [0.1, 0.15) is 39.7 Å². The molecule has 1 fully saturated rings. The van der Waals surface area contributed by atoms with Crippen molar-refractivity contribution in [2.45, 2.75) is 39.7 Å². The van der Waals surface area contributed by atoms with Crippen LogP contribution in [0, 0.1) is 0 Å². The predicted molar refractivity (Wildman–Crippen MR) is 119 cm³/mol. The van der Waals surface area contributed by atoms with Crippen molar-refractivity contribution in [2.75, 3.05) is 36.4 Å². The zero-order valence-corrected chi connectivity index (χ0v) is 17.9. The smallest absolute Gasteiger partial charge is 0.229 e. The van der Waals surface area contributed by atoms with E-state index in [1.54, 1.807) is 13.1 Å². The summed E-state index contributed by atoms with van der Waals surface area (Å²) in [4.78, 5) is 29.3. The van der Waals surface area contributed by atoms with E-state index in [0.717, 1.165) is 61.6 Å². The number of anilines is 3. The summed E-state index contributed by atoms with van der Waals surface area (Å²) in [5.74, 6) is 0.717. The molecule has 0 bridgehead atoms. The lowest BCUT2D eigenvalue weighted by atomic mass is 10.2. The number of carbonyl (C=O) groups excluding carboxylic acids is 1. The van der Waals surface area contributed by atoms with E-state index < -0.39 is 0 Å². The van der Waals surface area contributed by atoms with Crippen LogP contribution in [0.3, 0.4) is 0 Å². The molecule has 0 atom stereocenters. The summed E-state index contributed by atoms with van der Waals surface area (Å²) in [6.07, 6.45) is 5.71. The van der Waals surface area contributed by atoms with E-state index in [0.29, 0.717) is 12.0 Å². The predicted octanol–water partition coefficient (Wildman–Crippen LogP) is 3.60. The molecule has 3 aromatic rings. The number of carbonyl (C=O) groups is 1. The number of piperazine rings is 1. The number of rotatable bonds is 6. The highest BCUT2D eigenvalue weighted by Gasteiger charge is 2.18. The molecule has 158 valence electrons. The zero-order valence-electron chi connectivity index (χ0n) is 17.9. The summed E-state index contributed by atoms with van der Waals surface area (Å²) >= 11 is 0. The van der Waals surface area contributed by atoms with E-state index >= 15 is 0 Å². The number of hydrogen-bond acceptors (Lipinski definition) is 6. The fourth-order valence-corrected chi connectivity index (χ4v) is 4.00. The molecule has 1 aliphatic rings. The number of nitrogens with one attached hydrogen (secondary N) is 1. The van der Waals surface area contributed by atoms with Crippen molar-refractivity contribution in [1.29, 1.82) is 0 Å². The van der Waals surface area contributed by atoms with Gasteiger partial charge in [0.05, 0.1) is 12.5 Å². The summed E-state index contributed by atoms with van der Waals surface area (Å²) < 4.78 is 2.14. The van der Waals surface area contributed by atoms with Crippen LogP contribution in [0.2, 0.25) is 0 Å². The minimum Gasteiger partial charge on any atom is -0.368 e. The molecular weight excluding hydrogens is 378 g/mol. The summed E-state index contributed by atoms with van der Waals surface area (Å²) in [6.45, 7) is 9.25. The molecule has 30 heavy (non-hydrogen) atoms. The minimum atomic E-state index is 0.150. The third-order valence-corrected chi connectivity index (χ3v) is 5.87. The quantitative estimate of drug-likeness (QED) is 0.673. The van der Waals surface area contributed by atoms with Crippen molar-refractivity contribution >= 4 is 34.4 Å². The first kappa shape index (κ1) is 20.1. The third-order valence-electron chi connectivity index (χ3n) is 5.87. The van der Waals surface area contributed by atoms with Gasteiger partial charge in [-0.2, -0.15) is 4.98 Å². The molecule has 2 aromatic heterocycles. The van der Waals surface area contributed by atoms with Gasteiger partial charge in [-0.25, -0.2) is 9.97 Å². The Balaban J connectivity index is 1.46. The fraction of sp³-hybridized carbons (Fsp3) is 0.455. The third kappa shape index (κ3) is 4.08. The lowest BCUT2D eigenvalue weighted by Gasteiger charge is -2.35. The van der Waals surface area contributed by atoms with Gasteiger partial charge in [0, 0.05) is 50.5 Å².